The van der Waals surface area contributed by atoms with Gasteiger partial charge in [0, 0.05) is 30.3 Å². The number of alkyl carbamates (subject to hydrolysis) is 1. The van der Waals surface area contributed by atoms with Crippen LogP contribution in [0.2, 0.25) is 0 Å². The topological polar surface area (TPSA) is 123 Å². The summed E-state index contributed by atoms with van der Waals surface area (Å²) in [6.07, 6.45) is 7.51. The Bertz CT molecular complexity index is 1050. The number of hydrogen-bond acceptors (Lipinski definition) is 7. The number of carbonyl (C=O) groups excluding carboxylic acids is 1. The first-order chi connectivity index (χ1) is 14.0. The quantitative estimate of drug-likeness (QED) is 0.606. The van der Waals surface area contributed by atoms with E-state index in [1.54, 1.807) is 10.9 Å². The first kappa shape index (κ1) is 17.9. The number of fused-ring (bicyclic) bond motifs is 1. The molecule has 29 heavy (non-hydrogen) atoms. The fourth-order valence-electron chi connectivity index (χ4n) is 3.90. The summed E-state index contributed by atoms with van der Waals surface area (Å²) in [6.45, 7) is 2.04. The smallest absolute Gasteiger partial charge is 0.407 e. The third-order valence-corrected chi connectivity index (χ3v) is 5.87. The van der Waals surface area contributed by atoms with Crippen LogP contribution in [0.1, 0.15) is 50.6 Å². The summed E-state index contributed by atoms with van der Waals surface area (Å²) in [5, 5.41) is 17.9. The van der Waals surface area contributed by atoms with Crippen LogP contribution in [0.4, 0.5) is 16.4 Å². The van der Waals surface area contributed by atoms with Gasteiger partial charge in [0.2, 0.25) is 0 Å². The van der Waals surface area contributed by atoms with Crippen LogP contribution in [0.25, 0.3) is 11.0 Å². The number of aromatic amines is 1. The van der Waals surface area contributed by atoms with Crippen molar-refractivity contribution in [3.8, 4) is 0 Å². The van der Waals surface area contributed by atoms with Gasteiger partial charge in [0.25, 0.3) is 0 Å². The SMILES string of the molecule is Cn1ncc2ncnc(Nc3cc([C@H]4CC[C@@H](OC(=O)NC5(C)CC5)C4)[nH]n3)c21. The van der Waals surface area contributed by atoms with E-state index in [0.717, 1.165) is 48.8 Å². The summed E-state index contributed by atoms with van der Waals surface area (Å²) in [5.74, 6) is 1.63. The van der Waals surface area contributed by atoms with E-state index in [2.05, 4.69) is 35.9 Å². The lowest BCUT2D eigenvalue weighted by molar-refractivity contribution is 0.0967. The molecule has 0 unspecified atom stereocenters. The van der Waals surface area contributed by atoms with Gasteiger partial charge in [-0.3, -0.25) is 9.78 Å². The highest BCUT2D eigenvalue weighted by Gasteiger charge is 2.40. The number of anilines is 2. The van der Waals surface area contributed by atoms with Crippen LogP contribution in [0, 0.1) is 0 Å². The predicted octanol–water partition coefficient (Wildman–Crippen LogP) is 2.74. The highest BCUT2D eigenvalue weighted by Crippen LogP contribution is 2.37. The third-order valence-electron chi connectivity index (χ3n) is 5.87. The second-order valence-electron chi connectivity index (χ2n) is 8.28. The van der Waals surface area contributed by atoms with Crippen molar-refractivity contribution in [3.63, 3.8) is 0 Å². The van der Waals surface area contributed by atoms with Crippen LogP contribution in [-0.2, 0) is 11.8 Å². The molecule has 0 bridgehead atoms. The molecule has 0 aliphatic heterocycles. The summed E-state index contributed by atoms with van der Waals surface area (Å²) in [5.41, 5.74) is 2.57. The zero-order valence-electron chi connectivity index (χ0n) is 16.5. The van der Waals surface area contributed by atoms with Crippen LogP contribution in [0.5, 0.6) is 0 Å². The largest absolute Gasteiger partial charge is 0.446 e. The van der Waals surface area contributed by atoms with Gasteiger partial charge < -0.3 is 15.4 Å². The van der Waals surface area contributed by atoms with E-state index in [9.17, 15) is 4.79 Å². The number of aryl methyl sites for hydroxylation is 1. The Labute approximate surface area is 167 Å². The molecule has 1 amide bonds. The molecule has 0 aromatic carbocycles. The number of amides is 1. The number of nitrogens with one attached hydrogen (secondary N) is 3. The van der Waals surface area contributed by atoms with E-state index < -0.39 is 0 Å². The number of carbonyl (C=O) groups is 1. The first-order valence-corrected chi connectivity index (χ1v) is 9.93. The molecule has 2 aliphatic rings. The Hall–Kier alpha value is -3.17. The monoisotopic (exact) mass is 396 g/mol. The van der Waals surface area contributed by atoms with Gasteiger partial charge in [0.1, 0.15) is 23.5 Å². The molecule has 0 spiro atoms. The molecule has 2 fully saturated rings. The molecule has 3 N–H and O–H groups in total. The zero-order valence-corrected chi connectivity index (χ0v) is 16.5. The van der Waals surface area contributed by atoms with Crippen molar-refractivity contribution in [2.24, 2.45) is 7.05 Å². The molecule has 3 aromatic heterocycles. The number of rotatable bonds is 5. The van der Waals surface area contributed by atoms with Crippen molar-refractivity contribution >= 4 is 28.8 Å². The highest BCUT2D eigenvalue weighted by atomic mass is 16.6. The summed E-state index contributed by atoms with van der Waals surface area (Å²) in [6, 6.07) is 1.99. The third kappa shape index (κ3) is 3.62. The zero-order chi connectivity index (χ0) is 20.0. The molecule has 152 valence electrons. The Kier molecular flexibility index (Phi) is 4.14. The van der Waals surface area contributed by atoms with Gasteiger partial charge in [-0.2, -0.15) is 10.2 Å². The second-order valence-corrected chi connectivity index (χ2v) is 8.28. The lowest BCUT2D eigenvalue weighted by atomic mass is 10.0. The summed E-state index contributed by atoms with van der Waals surface area (Å²) < 4.78 is 7.34. The fourth-order valence-corrected chi connectivity index (χ4v) is 3.90. The molecular weight excluding hydrogens is 372 g/mol. The number of aromatic nitrogens is 6. The van der Waals surface area contributed by atoms with Crippen LogP contribution in [-0.4, -0.2) is 47.7 Å². The Morgan fingerprint density at radius 3 is 3.03 bits per heavy atom. The van der Waals surface area contributed by atoms with Gasteiger partial charge in [-0.05, 0) is 39.0 Å². The normalized spacial score (nSPS) is 22.6. The van der Waals surface area contributed by atoms with Crippen LogP contribution in [0.15, 0.2) is 18.6 Å². The summed E-state index contributed by atoms with van der Waals surface area (Å²) >= 11 is 0. The van der Waals surface area contributed by atoms with Gasteiger partial charge in [0.05, 0.1) is 6.20 Å². The minimum absolute atomic E-state index is 0.0562. The van der Waals surface area contributed by atoms with E-state index in [4.69, 9.17) is 4.74 Å². The van der Waals surface area contributed by atoms with E-state index in [1.165, 1.54) is 6.33 Å². The molecular formula is C19H24N8O2. The minimum atomic E-state index is -0.299. The number of nitrogens with zero attached hydrogens (tertiary/aromatic N) is 5. The Morgan fingerprint density at radius 1 is 1.34 bits per heavy atom. The molecule has 3 aromatic rings. The second kappa shape index (κ2) is 6.71. The molecule has 2 aliphatic carbocycles. The van der Waals surface area contributed by atoms with Crippen molar-refractivity contribution in [2.75, 3.05) is 5.32 Å². The van der Waals surface area contributed by atoms with E-state index >= 15 is 0 Å². The maximum atomic E-state index is 12.0. The van der Waals surface area contributed by atoms with Crippen LogP contribution >= 0.6 is 0 Å². The Balaban J connectivity index is 1.22. The standard InChI is InChI=1S/C19H24N8O2/c1-19(5-6-19)24-18(28)29-12-4-3-11(7-12)13-8-15(26-25-13)23-17-16-14(20-10-21-17)9-22-27(16)2/h8-12H,3-7H2,1-2H3,(H,24,28)(H2,20,21,23,25,26)/t11-,12+/m0/s1. The molecule has 2 atom stereocenters. The van der Waals surface area contributed by atoms with Gasteiger partial charge >= 0.3 is 6.09 Å². The first-order valence-electron chi connectivity index (χ1n) is 9.93. The molecule has 0 radical (unpaired) electrons. The van der Waals surface area contributed by atoms with Crippen molar-refractivity contribution in [2.45, 2.75) is 56.6 Å². The lowest BCUT2D eigenvalue weighted by Crippen LogP contribution is -2.36. The molecule has 10 nitrogen and oxygen atoms in total. The van der Waals surface area contributed by atoms with E-state index in [0.29, 0.717) is 11.6 Å². The van der Waals surface area contributed by atoms with Crippen LogP contribution < -0.4 is 10.6 Å². The van der Waals surface area contributed by atoms with Crippen molar-refractivity contribution < 1.29 is 9.53 Å². The van der Waals surface area contributed by atoms with Crippen molar-refractivity contribution in [3.05, 3.63) is 24.3 Å². The summed E-state index contributed by atoms with van der Waals surface area (Å²) in [7, 11) is 1.85. The number of hydrogen-bond donors (Lipinski definition) is 3. The van der Waals surface area contributed by atoms with Gasteiger partial charge in [-0.15, -0.1) is 0 Å². The average Bonchev–Trinajstić information content (AvgIpc) is 3.10. The number of H-pyrrole nitrogens is 1. The maximum Gasteiger partial charge on any atom is 0.407 e. The molecule has 3 heterocycles. The maximum absolute atomic E-state index is 12.0. The van der Waals surface area contributed by atoms with E-state index in [1.807, 2.05) is 20.0 Å². The predicted molar refractivity (Wildman–Crippen MR) is 106 cm³/mol. The number of ether oxygens (including phenoxy) is 1. The molecule has 2 saturated carbocycles. The van der Waals surface area contributed by atoms with Crippen molar-refractivity contribution in [1.82, 2.24) is 35.3 Å². The summed E-state index contributed by atoms with van der Waals surface area (Å²) in [4.78, 5) is 20.6. The van der Waals surface area contributed by atoms with E-state index in [-0.39, 0.29) is 23.7 Å². The van der Waals surface area contributed by atoms with Crippen molar-refractivity contribution in [1.29, 1.82) is 0 Å². The highest BCUT2D eigenvalue weighted by molar-refractivity contribution is 5.86. The fraction of sp³-hybridized carbons (Fsp3) is 0.526. The lowest BCUT2D eigenvalue weighted by Gasteiger charge is -2.16. The molecule has 5 rings (SSSR count). The van der Waals surface area contributed by atoms with Crippen LogP contribution in [0.3, 0.4) is 0 Å². The molecule has 0 saturated heterocycles. The van der Waals surface area contributed by atoms with Gasteiger partial charge in [-0.25, -0.2) is 14.8 Å². The van der Waals surface area contributed by atoms with Gasteiger partial charge in [0.15, 0.2) is 11.6 Å². The minimum Gasteiger partial charge on any atom is -0.446 e. The Morgan fingerprint density at radius 2 is 2.21 bits per heavy atom. The van der Waals surface area contributed by atoms with Gasteiger partial charge in [-0.1, -0.05) is 0 Å². The average molecular weight is 396 g/mol. The molecule has 10 heteroatoms.